The van der Waals surface area contributed by atoms with Gasteiger partial charge in [-0.2, -0.15) is 0 Å². The molecule has 132 valence electrons. The molecule has 0 spiro atoms. The number of carbonyl (C=O) groups excluding carboxylic acids is 1. The number of phenolic OH excluding ortho intramolecular Hbond substituents is 1. The highest BCUT2D eigenvalue weighted by Crippen LogP contribution is 2.32. The first-order valence-electron chi connectivity index (χ1n) is 7.84. The number of aromatic hydroxyl groups is 1. The minimum absolute atomic E-state index is 0.492. The summed E-state index contributed by atoms with van der Waals surface area (Å²) in [6.45, 7) is 2.81. The molecule has 1 unspecified atom stereocenters. The summed E-state index contributed by atoms with van der Waals surface area (Å²) in [5.41, 5.74) is 0.127. The third-order valence-electron chi connectivity index (χ3n) is 3.88. The van der Waals surface area contributed by atoms with Gasteiger partial charge in [0.2, 0.25) is 0 Å². The van der Waals surface area contributed by atoms with Gasteiger partial charge in [-0.1, -0.05) is 6.07 Å². The quantitative estimate of drug-likeness (QED) is 0.892. The van der Waals surface area contributed by atoms with Gasteiger partial charge in [0.25, 0.3) is 5.91 Å². The van der Waals surface area contributed by atoms with Crippen molar-refractivity contribution in [3.05, 3.63) is 53.1 Å². The maximum absolute atomic E-state index is 13.8. The number of nitrogens with one attached hydrogen (secondary N) is 1. The van der Waals surface area contributed by atoms with Crippen LogP contribution in [0.2, 0.25) is 0 Å². The lowest BCUT2D eigenvalue weighted by atomic mass is 10.1. The van der Waals surface area contributed by atoms with Crippen LogP contribution in [-0.2, 0) is 0 Å². The van der Waals surface area contributed by atoms with Gasteiger partial charge in [-0.15, -0.1) is 0 Å². The van der Waals surface area contributed by atoms with Gasteiger partial charge in [0.15, 0.2) is 11.5 Å². The molecule has 1 aliphatic heterocycles. The van der Waals surface area contributed by atoms with Crippen molar-refractivity contribution in [3.8, 4) is 17.2 Å². The van der Waals surface area contributed by atoms with Gasteiger partial charge in [-0.25, -0.2) is 8.78 Å². The number of rotatable bonds is 3. The molecule has 1 heterocycles. The van der Waals surface area contributed by atoms with Crippen LogP contribution in [0, 0.1) is 11.6 Å². The van der Waals surface area contributed by atoms with Crippen molar-refractivity contribution in [2.24, 2.45) is 0 Å². The molecule has 0 fully saturated rings. The van der Waals surface area contributed by atoms with E-state index in [2.05, 4.69) is 5.32 Å². The van der Waals surface area contributed by atoms with Crippen molar-refractivity contribution >= 4 is 5.91 Å². The summed E-state index contributed by atoms with van der Waals surface area (Å²) in [6, 6.07) is 6.00. The number of hydrogen-bond acceptors (Lipinski definition) is 4. The van der Waals surface area contributed by atoms with Gasteiger partial charge in [0.1, 0.15) is 22.9 Å². The second-order valence-corrected chi connectivity index (χ2v) is 5.73. The number of phenols is 1. The number of fused-ring (bicyclic) bond motifs is 1. The fourth-order valence-corrected chi connectivity index (χ4v) is 2.59. The average Bonchev–Trinajstić information content (AvgIpc) is 2.78. The summed E-state index contributed by atoms with van der Waals surface area (Å²) < 4.78 is 38.0. The Labute approximate surface area is 143 Å². The van der Waals surface area contributed by atoms with Crippen LogP contribution in [0.5, 0.6) is 17.2 Å². The second-order valence-electron chi connectivity index (χ2n) is 5.73. The Kier molecular flexibility index (Phi) is 4.74. The van der Waals surface area contributed by atoms with Crippen LogP contribution in [0.1, 0.15) is 35.3 Å². The van der Waals surface area contributed by atoms with E-state index in [-0.39, 0.29) is 0 Å². The molecule has 1 atom stereocenters. The summed E-state index contributed by atoms with van der Waals surface area (Å²) >= 11 is 0. The van der Waals surface area contributed by atoms with Crippen molar-refractivity contribution < 1.29 is 28.2 Å². The van der Waals surface area contributed by atoms with Crippen molar-refractivity contribution in [2.75, 3.05) is 13.2 Å². The SMILES string of the molecule is CC(NC(=O)c1c(O)cc(F)cc1F)c1ccc2c(c1)OCCCO2. The molecule has 3 rings (SSSR count). The standard InChI is InChI=1S/C18H17F2NO4/c1-10(11-3-4-15-16(7-11)25-6-2-5-24-15)21-18(23)17-13(20)8-12(19)9-14(17)22/h3-4,7-10,22H,2,5-6H2,1H3,(H,21,23). The second kappa shape index (κ2) is 6.96. The number of halogens is 2. The molecule has 1 aliphatic rings. The zero-order chi connectivity index (χ0) is 18.0. The Bertz CT molecular complexity index is 787. The van der Waals surface area contributed by atoms with Gasteiger partial charge >= 0.3 is 0 Å². The highest BCUT2D eigenvalue weighted by atomic mass is 19.1. The van der Waals surface area contributed by atoms with E-state index in [9.17, 15) is 18.7 Å². The Hall–Kier alpha value is -2.83. The first kappa shape index (κ1) is 17.0. The maximum atomic E-state index is 13.8. The van der Waals surface area contributed by atoms with E-state index < -0.39 is 34.9 Å². The topological polar surface area (TPSA) is 67.8 Å². The predicted octanol–water partition coefficient (Wildman–Crippen LogP) is 3.32. The smallest absolute Gasteiger partial charge is 0.258 e. The van der Waals surface area contributed by atoms with Crippen molar-refractivity contribution in [1.29, 1.82) is 0 Å². The molecule has 0 radical (unpaired) electrons. The average molecular weight is 349 g/mol. The molecule has 1 amide bonds. The van der Waals surface area contributed by atoms with E-state index in [0.29, 0.717) is 36.8 Å². The van der Waals surface area contributed by atoms with Crippen LogP contribution in [0.15, 0.2) is 30.3 Å². The highest BCUT2D eigenvalue weighted by molar-refractivity contribution is 5.97. The fourth-order valence-electron chi connectivity index (χ4n) is 2.59. The van der Waals surface area contributed by atoms with Gasteiger partial charge in [-0.3, -0.25) is 4.79 Å². The fraction of sp³-hybridized carbons (Fsp3) is 0.278. The van der Waals surface area contributed by atoms with E-state index in [1.165, 1.54) is 0 Å². The lowest BCUT2D eigenvalue weighted by molar-refractivity contribution is 0.0932. The molecule has 7 heteroatoms. The monoisotopic (exact) mass is 349 g/mol. The van der Waals surface area contributed by atoms with Crippen LogP contribution >= 0.6 is 0 Å². The van der Waals surface area contributed by atoms with Gasteiger partial charge in [0, 0.05) is 18.6 Å². The van der Waals surface area contributed by atoms with E-state index >= 15 is 0 Å². The van der Waals surface area contributed by atoms with Crippen molar-refractivity contribution in [3.63, 3.8) is 0 Å². The number of hydrogen-bond donors (Lipinski definition) is 2. The molecule has 0 aliphatic carbocycles. The first-order chi connectivity index (χ1) is 12.0. The van der Waals surface area contributed by atoms with Gasteiger partial charge in [-0.05, 0) is 24.6 Å². The third-order valence-corrected chi connectivity index (χ3v) is 3.88. The van der Waals surface area contributed by atoms with Crippen LogP contribution in [0.25, 0.3) is 0 Å². The zero-order valence-electron chi connectivity index (χ0n) is 13.5. The molecule has 0 bridgehead atoms. The molecule has 5 nitrogen and oxygen atoms in total. The summed E-state index contributed by atoms with van der Waals surface area (Å²) in [4.78, 5) is 12.2. The number of carbonyl (C=O) groups is 1. The Morgan fingerprint density at radius 2 is 1.88 bits per heavy atom. The number of amides is 1. The summed E-state index contributed by atoms with van der Waals surface area (Å²) in [6.07, 6.45) is 0.777. The van der Waals surface area contributed by atoms with Crippen molar-refractivity contribution in [2.45, 2.75) is 19.4 Å². The summed E-state index contributed by atoms with van der Waals surface area (Å²) in [7, 11) is 0. The summed E-state index contributed by atoms with van der Waals surface area (Å²) in [5.74, 6) is -2.47. The van der Waals surface area contributed by atoms with Crippen LogP contribution in [0.4, 0.5) is 8.78 Å². The number of benzene rings is 2. The minimum Gasteiger partial charge on any atom is -0.507 e. The summed E-state index contributed by atoms with van der Waals surface area (Å²) in [5, 5.41) is 12.2. The molecule has 0 saturated carbocycles. The normalized spacial score (nSPS) is 14.5. The Morgan fingerprint density at radius 3 is 2.60 bits per heavy atom. The first-order valence-corrected chi connectivity index (χ1v) is 7.84. The number of ether oxygens (including phenoxy) is 2. The van der Waals surface area contributed by atoms with E-state index in [4.69, 9.17) is 9.47 Å². The molecule has 2 aromatic rings. The van der Waals surface area contributed by atoms with Crippen LogP contribution in [-0.4, -0.2) is 24.2 Å². The molecule has 2 N–H and O–H groups in total. The molecule has 0 saturated heterocycles. The molecule has 25 heavy (non-hydrogen) atoms. The van der Waals surface area contributed by atoms with Gasteiger partial charge < -0.3 is 19.9 Å². The van der Waals surface area contributed by atoms with Crippen LogP contribution in [0.3, 0.4) is 0 Å². The Morgan fingerprint density at radius 1 is 1.16 bits per heavy atom. The van der Waals surface area contributed by atoms with E-state index in [0.717, 1.165) is 12.0 Å². The third kappa shape index (κ3) is 3.65. The largest absolute Gasteiger partial charge is 0.507 e. The minimum atomic E-state index is -1.12. The van der Waals surface area contributed by atoms with E-state index in [1.807, 2.05) is 0 Å². The van der Waals surface area contributed by atoms with Crippen LogP contribution < -0.4 is 14.8 Å². The molecular formula is C18H17F2NO4. The molecule has 2 aromatic carbocycles. The molecule has 0 aromatic heterocycles. The highest BCUT2D eigenvalue weighted by Gasteiger charge is 2.21. The maximum Gasteiger partial charge on any atom is 0.258 e. The zero-order valence-corrected chi connectivity index (χ0v) is 13.5. The van der Waals surface area contributed by atoms with E-state index in [1.54, 1.807) is 25.1 Å². The Balaban J connectivity index is 1.79. The lowest BCUT2D eigenvalue weighted by Crippen LogP contribution is -2.27. The predicted molar refractivity (Wildman–Crippen MR) is 86.0 cm³/mol. The molecular weight excluding hydrogens is 332 g/mol. The lowest BCUT2D eigenvalue weighted by Gasteiger charge is -2.17. The van der Waals surface area contributed by atoms with Gasteiger partial charge in [0.05, 0.1) is 19.3 Å². The van der Waals surface area contributed by atoms with Crippen molar-refractivity contribution in [1.82, 2.24) is 5.32 Å².